The fraction of sp³-hybridized carbons (Fsp3) is 0.391. The summed E-state index contributed by atoms with van der Waals surface area (Å²) in [6, 6.07) is 12.5. The van der Waals surface area contributed by atoms with Gasteiger partial charge in [0.1, 0.15) is 5.82 Å². The van der Waals surface area contributed by atoms with Crippen molar-refractivity contribution in [3.05, 3.63) is 70.5 Å². The van der Waals surface area contributed by atoms with Crippen LogP contribution in [0.15, 0.2) is 47.5 Å². The van der Waals surface area contributed by atoms with E-state index >= 15 is 0 Å². The number of aliphatic imine (C=N–C) groups is 1. The van der Waals surface area contributed by atoms with Crippen LogP contribution < -0.4 is 10.6 Å². The lowest BCUT2D eigenvalue weighted by atomic mass is 10.1. The molecule has 2 aromatic carbocycles. The largest absolute Gasteiger partial charge is 0.352 e. The first-order valence-electron chi connectivity index (χ1n) is 10.1. The van der Waals surface area contributed by atoms with E-state index in [1.54, 1.807) is 29.8 Å². The van der Waals surface area contributed by atoms with Gasteiger partial charge in [-0.15, -0.1) is 0 Å². The van der Waals surface area contributed by atoms with Crippen molar-refractivity contribution in [2.24, 2.45) is 4.99 Å². The van der Waals surface area contributed by atoms with Gasteiger partial charge in [0.2, 0.25) is 0 Å². The molecule has 162 valence electrons. The Labute approximate surface area is 183 Å². The summed E-state index contributed by atoms with van der Waals surface area (Å²) in [7, 11) is 1.72. The molecule has 0 radical (unpaired) electrons. The van der Waals surface area contributed by atoms with Gasteiger partial charge in [0.05, 0.1) is 0 Å². The van der Waals surface area contributed by atoms with Crippen molar-refractivity contribution in [2.45, 2.75) is 32.7 Å². The Bertz CT molecular complexity index is 851. The number of nitrogens with one attached hydrogen (secondary N) is 2. The Kier molecular flexibility index (Phi) is 9.67. The number of benzene rings is 2. The second-order valence-electron chi connectivity index (χ2n) is 6.80. The van der Waals surface area contributed by atoms with Gasteiger partial charge in [-0.25, -0.2) is 4.39 Å². The Hall–Kier alpha value is -2.54. The fourth-order valence-corrected chi connectivity index (χ4v) is 3.68. The molecule has 0 spiro atoms. The predicted octanol–water partition coefficient (Wildman–Crippen LogP) is 4.04. The summed E-state index contributed by atoms with van der Waals surface area (Å²) in [5.41, 5.74) is 3.79. The lowest BCUT2D eigenvalue weighted by molar-refractivity contribution is 0.0773. The van der Waals surface area contributed by atoms with E-state index in [0.717, 1.165) is 22.4 Å². The van der Waals surface area contributed by atoms with Gasteiger partial charge < -0.3 is 15.5 Å². The number of hydrogen-bond acceptors (Lipinski definition) is 3. The number of amides is 1. The third-order valence-corrected chi connectivity index (χ3v) is 5.45. The lowest BCUT2D eigenvalue weighted by Crippen LogP contribution is -2.36. The molecule has 30 heavy (non-hydrogen) atoms. The topological polar surface area (TPSA) is 56.7 Å². The summed E-state index contributed by atoms with van der Waals surface area (Å²) in [4.78, 5) is 18.5. The predicted molar refractivity (Wildman–Crippen MR) is 124 cm³/mol. The number of carbonyl (C=O) groups is 1. The summed E-state index contributed by atoms with van der Waals surface area (Å²) in [5, 5.41) is 6.56. The zero-order chi connectivity index (χ0) is 21.9. The molecule has 0 saturated heterocycles. The van der Waals surface area contributed by atoms with Crippen LogP contribution in [-0.4, -0.2) is 43.2 Å². The van der Waals surface area contributed by atoms with Crippen molar-refractivity contribution in [2.75, 3.05) is 26.4 Å². The van der Waals surface area contributed by atoms with Crippen molar-refractivity contribution >= 4 is 23.6 Å². The second-order valence-corrected chi connectivity index (χ2v) is 7.67. The number of hydrogen-bond donors (Lipinski definition) is 2. The van der Waals surface area contributed by atoms with Gasteiger partial charge in [0, 0.05) is 44.5 Å². The van der Waals surface area contributed by atoms with E-state index in [9.17, 15) is 9.18 Å². The molecule has 5 nitrogen and oxygen atoms in total. The highest BCUT2D eigenvalue weighted by Gasteiger charge is 2.12. The van der Waals surface area contributed by atoms with Gasteiger partial charge in [0.15, 0.2) is 5.96 Å². The van der Waals surface area contributed by atoms with E-state index in [1.807, 2.05) is 50.4 Å². The monoisotopic (exact) mass is 430 g/mol. The zero-order valence-electron chi connectivity index (χ0n) is 18.2. The molecule has 0 heterocycles. The second kappa shape index (κ2) is 12.2. The van der Waals surface area contributed by atoms with Crippen molar-refractivity contribution in [3.63, 3.8) is 0 Å². The Morgan fingerprint density at radius 1 is 1.03 bits per heavy atom. The lowest BCUT2D eigenvalue weighted by Gasteiger charge is -2.18. The van der Waals surface area contributed by atoms with E-state index in [0.29, 0.717) is 37.7 Å². The van der Waals surface area contributed by atoms with Crippen molar-refractivity contribution in [3.8, 4) is 0 Å². The normalized spacial score (nSPS) is 11.3. The van der Waals surface area contributed by atoms with Gasteiger partial charge >= 0.3 is 0 Å². The maximum atomic E-state index is 13.5. The molecule has 0 fully saturated rings. The smallest absolute Gasteiger partial charge is 0.253 e. The molecule has 0 atom stereocenters. The van der Waals surface area contributed by atoms with Gasteiger partial charge in [-0.05, 0) is 61.1 Å². The van der Waals surface area contributed by atoms with Crippen molar-refractivity contribution in [1.29, 1.82) is 0 Å². The SMILES string of the molecule is CCN(CC)C(=O)c1ccc(CNC(=NC)NCc2ccc(F)cc2CSC)cc1. The van der Waals surface area contributed by atoms with Crippen LogP contribution in [0.1, 0.15) is 40.9 Å². The summed E-state index contributed by atoms with van der Waals surface area (Å²) in [5.74, 6) is 1.27. The maximum Gasteiger partial charge on any atom is 0.253 e. The molecular formula is C23H31FN4OS. The highest BCUT2D eigenvalue weighted by molar-refractivity contribution is 7.97. The van der Waals surface area contributed by atoms with E-state index in [2.05, 4.69) is 15.6 Å². The molecule has 2 aromatic rings. The number of rotatable bonds is 9. The average molecular weight is 431 g/mol. The average Bonchev–Trinajstić information content (AvgIpc) is 2.76. The van der Waals surface area contributed by atoms with Crippen LogP contribution in [0.25, 0.3) is 0 Å². The molecule has 7 heteroatoms. The molecular weight excluding hydrogens is 399 g/mol. The molecule has 1 amide bonds. The number of halogens is 1. The fourth-order valence-electron chi connectivity index (χ4n) is 3.10. The molecule has 0 aromatic heterocycles. The molecule has 0 aliphatic heterocycles. The number of thioether (sulfide) groups is 1. The summed E-state index contributed by atoms with van der Waals surface area (Å²) >= 11 is 1.67. The van der Waals surface area contributed by atoms with Crippen LogP contribution in [0.4, 0.5) is 4.39 Å². The highest BCUT2D eigenvalue weighted by atomic mass is 32.2. The minimum atomic E-state index is -0.215. The number of guanidine groups is 1. The van der Waals surface area contributed by atoms with Crippen molar-refractivity contribution < 1.29 is 9.18 Å². The minimum absolute atomic E-state index is 0.0531. The molecule has 0 unspecified atom stereocenters. The first-order valence-corrected chi connectivity index (χ1v) is 11.5. The van der Waals surface area contributed by atoms with E-state index < -0.39 is 0 Å². The standard InChI is InChI=1S/C23H31FN4OS/c1-5-28(6-2)22(29)18-9-7-17(8-10-18)14-26-23(25-3)27-15-19-11-12-21(24)13-20(19)16-30-4/h7-13H,5-6,14-16H2,1-4H3,(H2,25,26,27). The summed E-state index contributed by atoms with van der Waals surface area (Å²) in [6.45, 7) is 6.51. The summed E-state index contributed by atoms with van der Waals surface area (Å²) in [6.07, 6.45) is 2.00. The van der Waals surface area contributed by atoms with Crippen LogP contribution in [-0.2, 0) is 18.8 Å². The number of nitrogens with zero attached hydrogens (tertiary/aromatic N) is 2. The first-order chi connectivity index (χ1) is 14.5. The third-order valence-electron chi connectivity index (χ3n) is 4.85. The minimum Gasteiger partial charge on any atom is -0.352 e. The van der Waals surface area contributed by atoms with Crippen molar-refractivity contribution in [1.82, 2.24) is 15.5 Å². The molecule has 0 aliphatic carbocycles. The zero-order valence-corrected chi connectivity index (χ0v) is 19.0. The van der Waals surface area contributed by atoms with Gasteiger partial charge in [-0.1, -0.05) is 18.2 Å². The summed E-state index contributed by atoms with van der Waals surface area (Å²) < 4.78 is 13.5. The van der Waals surface area contributed by atoms with Crippen LogP contribution in [0.3, 0.4) is 0 Å². The highest BCUT2D eigenvalue weighted by Crippen LogP contribution is 2.16. The van der Waals surface area contributed by atoms with Crippen LogP contribution in [0.5, 0.6) is 0 Å². The Morgan fingerprint density at radius 2 is 1.70 bits per heavy atom. The molecule has 0 saturated carbocycles. The maximum absolute atomic E-state index is 13.5. The molecule has 2 N–H and O–H groups in total. The van der Waals surface area contributed by atoms with E-state index in [1.165, 1.54) is 6.07 Å². The third kappa shape index (κ3) is 6.76. The molecule has 0 aliphatic rings. The van der Waals surface area contributed by atoms with E-state index in [-0.39, 0.29) is 11.7 Å². The Morgan fingerprint density at radius 3 is 2.30 bits per heavy atom. The van der Waals surface area contributed by atoms with Gasteiger partial charge in [-0.2, -0.15) is 11.8 Å². The molecule has 2 rings (SSSR count). The number of carbonyl (C=O) groups excluding carboxylic acids is 1. The molecule has 0 bridgehead atoms. The van der Waals surface area contributed by atoms with Crippen LogP contribution in [0, 0.1) is 5.82 Å². The van der Waals surface area contributed by atoms with Crippen LogP contribution >= 0.6 is 11.8 Å². The first kappa shape index (κ1) is 23.7. The van der Waals surface area contributed by atoms with Gasteiger partial charge in [0.25, 0.3) is 5.91 Å². The van der Waals surface area contributed by atoms with Crippen LogP contribution in [0.2, 0.25) is 0 Å². The van der Waals surface area contributed by atoms with Gasteiger partial charge in [-0.3, -0.25) is 9.79 Å². The van der Waals surface area contributed by atoms with E-state index in [4.69, 9.17) is 0 Å². The Balaban J connectivity index is 1.92. The quantitative estimate of drug-likeness (QED) is 0.466.